The first-order valence-electron chi connectivity index (χ1n) is 9.15. The van der Waals surface area contributed by atoms with Gasteiger partial charge in [0.2, 0.25) is 0 Å². The Morgan fingerprint density at radius 2 is 1.90 bits per heavy atom. The molecule has 1 aliphatic rings. The molecule has 0 bridgehead atoms. The fourth-order valence-corrected chi connectivity index (χ4v) is 3.64. The second-order valence-electron chi connectivity index (χ2n) is 6.95. The third-order valence-electron chi connectivity index (χ3n) is 4.80. The zero-order valence-electron chi connectivity index (χ0n) is 15.6. The first kappa shape index (κ1) is 20.3. The number of pyridine rings is 1. The molecule has 3 heterocycles. The Bertz CT molecular complexity index is 1150. The lowest BCUT2D eigenvalue weighted by Gasteiger charge is -2.27. The lowest BCUT2D eigenvalue weighted by molar-refractivity contribution is -0.274. The predicted molar refractivity (Wildman–Crippen MR) is 106 cm³/mol. The highest BCUT2D eigenvalue weighted by molar-refractivity contribution is 7.71. The normalized spacial score (nSPS) is 14.4. The molecule has 0 atom stereocenters. The summed E-state index contributed by atoms with van der Waals surface area (Å²) >= 11 is 5.01. The van der Waals surface area contributed by atoms with Crippen LogP contribution in [-0.2, 0) is 19.5 Å². The van der Waals surface area contributed by atoms with E-state index in [9.17, 15) is 18.0 Å². The van der Waals surface area contributed by atoms with Crippen LogP contribution >= 0.6 is 12.2 Å². The molecule has 2 N–H and O–H groups in total. The van der Waals surface area contributed by atoms with E-state index in [4.69, 9.17) is 12.2 Å². The van der Waals surface area contributed by atoms with Crippen LogP contribution in [0.5, 0.6) is 5.75 Å². The third-order valence-corrected chi connectivity index (χ3v) is 5.01. The number of H-pyrrole nitrogens is 2. The summed E-state index contributed by atoms with van der Waals surface area (Å²) in [6.45, 7) is 1.92. The molecule has 0 amide bonds. The van der Waals surface area contributed by atoms with E-state index in [0.29, 0.717) is 41.1 Å². The largest absolute Gasteiger partial charge is 0.573 e. The molecule has 3 aromatic rings. The Kier molecular flexibility index (Phi) is 5.44. The number of fused-ring (bicyclic) bond motifs is 1. The summed E-state index contributed by atoms with van der Waals surface area (Å²) in [5.74, 6) is -0.274. The summed E-state index contributed by atoms with van der Waals surface area (Å²) in [4.78, 5) is 24.4. The van der Waals surface area contributed by atoms with E-state index in [1.165, 1.54) is 24.3 Å². The van der Waals surface area contributed by atoms with Crippen molar-refractivity contribution in [3.63, 3.8) is 0 Å². The van der Waals surface area contributed by atoms with Crippen molar-refractivity contribution >= 4 is 12.2 Å². The average Bonchev–Trinajstić information content (AvgIpc) is 2.68. The number of ether oxygens (including phenoxy) is 1. The number of aromatic nitrogens is 3. The topological polar surface area (TPSA) is 74.0 Å². The highest BCUT2D eigenvalue weighted by atomic mass is 32.1. The van der Waals surface area contributed by atoms with Gasteiger partial charge in [-0.1, -0.05) is 6.07 Å². The number of alkyl halides is 3. The first-order valence-corrected chi connectivity index (χ1v) is 9.55. The summed E-state index contributed by atoms with van der Waals surface area (Å²) in [5.41, 5.74) is 3.71. The number of benzene rings is 1. The Morgan fingerprint density at radius 1 is 1.13 bits per heavy atom. The van der Waals surface area contributed by atoms with Crippen molar-refractivity contribution in [3.8, 4) is 17.0 Å². The molecule has 0 saturated heterocycles. The second kappa shape index (κ2) is 8.04. The van der Waals surface area contributed by atoms with Gasteiger partial charge < -0.3 is 9.72 Å². The van der Waals surface area contributed by atoms with E-state index in [1.807, 2.05) is 12.1 Å². The van der Waals surface area contributed by atoms with Crippen LogP contribution in [0.3, 0.4) is 0 Å². The van der Waals surface area contributed by atoms with Crippen molar-refractivity contribution in [2.45, 2.75) is 25.9 Å². The van der Waals surface area contributed by atoms with Crippen molar-refractivity contribution < 1.29 is 17.9 Å². The summed E-state index contributed by atoms with van der Waals surface area (Å²) in [6, 6.07) is 9.30. The molecule has 30 heavy (non-hydrogen) atoms. The van der Waals surface area contributed by atoms with Crippen molar-refractivity contribution in [3.05, 3.63) is 74.5 Å². The lowest BCUT2D eigenvalue weighted by Crippen LogP contribution is -2.35. The number of nitrogens with one attached hydrogen (secondary N) is 2. The van der Waals surface area contributed by atoms with E-state index in [2.05, 4.69) is 24.6 Å². The number of hydrogen-bond acceptors (Lipinski definition) is 5. The number of halogens is 3. The van der Waals surface area contributed by atoms with E-state index >= 15 is 0 Å². The van der Waals surface area contributed by atoms with E-state index in [1.54, 1.807) is 6.20 Å². The molecule has 1 aliphatic heterocycles. The van der Waals surface area contributed by atoms with Gasteiger partial charge in [-0.3, -0.25) is 19.7 Å². The van der Waals surface area contributed by atoms with Crippen LogP contribution in [0.4, 0.5) is 13.2 Å². The van der Waals surface area contributed by atoms with Crippen molar-refractivity contribution in [2.24, 2.45) is 0 Å². The van der Waals surface area contributed by atoms with Crippen LogP contribution in [0, 0.1) is 4.77 Å². The van der Waals surface area contributed by atoms with Gasteiger partial charge in [-0.15, -0.1) is 13.2 Å². The first-order chi connectivity index (χ1) is 14.3. The predicted octanol–water partition coefficient (Wildman–Crippen LogP) is 3.95. The van der Waals surface area contributed by atoms with Crippen molar-refractivity contribution in [2.75, 3.05) is 6.54 Å². The SMILES string of the molecule is O=c1[nH]c(=S)[nH]c2c1CN(Cc1ccc(-c3ccc(OC(F)(F)F)cc3)nc1)CC2. The maximum absolute atomic E-state index is 12.3. The minimum atomic E-state index is -4.72. The minimum Gasteiger partial charge on any atom is -0.406 e. The number of rotatable bonds is 4. The van der Waals surface area contributed by atoms with E-state index in [-0.39, 0.29) is 11.3 Å². The lowest BCUT2D eigenvalue weighted by atomic mass is 10.1. The highest BCUT2D eigenvalue weighted by Crippen LogP contribution is 2.26. The molecular weight excluding hydrogens is 417 g/mol. The molecule has 6 nitrogen and oxygen atoms in total. The van der Waals surface area contributed by atoms with Gasteiger partial charge in [0, 0.05) is 43.5 Å². The fraction of sp³-hybridized carbons (Fsp3) is 0.250. The van der Waals surface area contributed by atoms with Gasteiger partial charge in [-0.2, -0.15) is 0 Å². The Hall–Kier alpha value is -2.98. The van der Waals surface area contributed by atoms with Crippen LogP contribution in [0.25, 0.3) is 11.3 Å². The summed E-state index contributed by atoms with van der Waals surface area (Å²) in [5, 5.41) is 0. The molecular formula is C20H17F3N4O2S. The molecule has 0 saturated carbocycles. The van der Waals surface area contributed by atoms with E-state index in [0.717, 1.165) is 17.8 Å². The molecule has 0 radical (unpaired) electrons. The van der Waals surface area contributed by atoms with Crippen LogP contribution in [-0.4, -0.2) is 32.8 Å². The van der Waals surface area contributed by atoms with Crippen molar-refractivity contribution in [1.82, 2.24) is 19.9 Å². The zero-order valence-corrected chi connectivity index (χ0v) is 16.4. The minimum absolute atomic E-state index is 0.162. The Balaban J connectivity index is 1.43. The van der Waals surface area contributed by atoms with Crippen LogP contribution in [0.2, 0.25) is 0 Å². The van der Waals surface area contributed by atoms with Gasteiger partial charge in [0.1, 0.15) is 5.75 Å². The molecule has 1 aromatic carbocycles. The van der Waals surface area contributed by atoms with Gasteiger partial charge in [-0.25, -0.2) is 0 Å². The van der Waals surface area contributed by atoms with Crippen LogP contribution in [0.15, 0.2) is 47.4 Å². The standard InChI is InChI=1S/C20H17F3N4O2S/c21-20(22,23)29-14-4-2-13(3-5-14)16-6-1-12(9-24-16)10-27-8-7-17-15(11-27)18(28)26-19(30)25-17/h1-6,9H,7-8,10-11H2,(H2,25,26,28,30). The van der Waals surface area contributed by atoms with Gasteiger partial charge >= 0.3 is 6.36 Å². The monoisotopic (exact) mass is 434 g/mol. The van der Waals surface area contributed by atoms with Crippen LogP contribution < -0.4 is 10.3 Å². The quantitative estimate of drug-likeness (QED) is 0.609. The molecule has 0 fully saturated rings. The molecule has 2 aromatic heterocycles. The number of aromatic amines is 2. The third kappa shape index (κ3) is 4.77. The molecule has 0 aliphatic carbocycles. The summed E-state index contributed by atoms with van der Waals surface area (Å²) in [7, 11) is 0. The van der Waals surface area contributed by atoms with E-state index < -0.39 is 6.36 Å². The molecule has 0 unspecified atom stereocenters. The van der Waals surface area contributed by atoms with Gasteiger partial charge in [0.05, 0.1) is 11.3 Å². The summed E-state index contributed by atoms with van der Waals surface area (Å²) in [6.07, 6.45) is -2.28. The average molecular weight is 434 g/mol. The number of hydrogen-bond donors (Lipinski definition) is 2. The summed E-state index contributed by atoms with van der Waals surface area (Å²) < 4.78 is 41.0. The second-order valence-corrected chi connectivity index (χ2v) is 7.36. The molecule has 0 spiro atoms. The maximum Gasteiger partial charge on any atom is 0.573 e. The highest BCUT2D eigenvalue weighted by Gasteiger charge is 2.31. The molecule has 4 rings (SSSR count). The van der Waals surface area contributed by atoms with Crippen molar-refractivity contribution in [1.29, 1.82) is 0 Å². The fourth-order valence-electron chi connectivity index (χ4n) is 3.42. The Morgan fingerprint density at radius 3 is 2.57 bits per heavy atom. The smallest absolute Gasteiger partial charge is 0.406 e. The molecule has 10 heteroatoms. The maximum atomic E-state index is 12.3. The van der Waals surface area contributed by atoms with Gasteiger partial charge in [0.15, 0.2) is 4.77 Å². The van der Waals surface area contributed by atoms with Crippen LogP contribution in [0.1, 0.15) is 16.8 Å². The van der Waals surface area contributed by atoms with Gasteiger partial charge in [-0.05, 0) is 48.1 Å². The number of nitrogens with zero attached hydrogens (tertiary/aromatic N) is 2. The molecule has 156 valence electrons. The van der Waals surface area contributed by atoms with Gasteiger partial charge in [0.25, 0.3) is 5.56 Å². The zero-order chi connectivity index (χ0) is 21.3. The Labute approximate surface area is 174 Å².